The van der Waals surface area contributed by atoms with E-state index in [1.807, 2.05) is 30.3 Å². The van der Waals surface area contributed by atoms with Crippen LogP contribution in [0.25, 0.3) is 0 Å². The average molecular weight is 296 g/mol. The zero-order valence-electron chi connectivity index (χ0n) is 10.2. The third-order valence-electron chi connectivity index (χ3n) is 2.78. The zero-order chi connectivity index (χ0) is 13.9. The van der Waals surface area contributed by atoms with Crippen LogP contribution in [-0.4, -0.2) is 14.2 Å². The number of hydrogen-bond donors (Lipinski definition) is 1. The lowest BCUT2D eigenvalue weighted by Crippen LogP contribution is -2.21. The minimum atomic E-state index is -3.44. The maximum absolute atomic E-state index is 12.2. The predicted molar refractivity (Wildman–Crippen MR) is 76.9 cm³/mol. The van der Waals surface area contributed by atoms with E-state index in [4.69, 9.17) is 17.3 Å². The molecule has 0 bridgehead atoms. The number of rotatable bonds is 4. The van der Waals surface area contributed by atoms with Gasteiger partial charge in [-0.1, -0.05) is 48.0 Å². The first-order chi connectivity index (χ1) is 8.99. The lowest BCUT2D eigenvalue weighted by Gasteiger charge is -2.12. The molecule has 2 aromatic carbocycles. The predicted octanol–water partition coefficient (Wildman–Crippen LogP) is 2.81. The van der Waals surface area contributed by atoms with Crippen molar-refractivity contribution in [2.75, 3.05) is 5.75 Å². The molecule has 2 aromatic rings. The Kier molecular flexibility index (Phi) is 4.24. The second kappa shape index (κ2) is 5.74. The van der Waals surface area contributed by atoms with Gasteiger partial charge in [-0.2, -0.15) is 0 Å². The molecule has 0 aromatic heterocycles. The van der Waals surface area contributed by atoms with E-state index in [0.29, 0.717) is 5.02 Å². The van der Waals surface area contributed by atoms with E-state index in [2.05, 4.69) is 0 Å². The van der Waals surface area contributed by atoms with E-state index in [9.17, 15) is 8.42 Å². The number of benzene rings is 2. The van der Waals surface area contributed by atoms with E-state index in [0.717, 1.165) is 5.56 Å². The Balaban J connectivity index is 2.23. The molecule has 19 heavy (non-hydrogen) atoms. The van der Waals surface area contributed by atoms with Gasteiger partial charge in [0.15, 0.2) is 9.84 Å². The van der Waals surface area contributed by atoms with Crippen LogP contribution in [0.4, 0.5) is 0 Å². The summed E-state index contributed by atoms with van der Waals surface area (Å²) in [5, 5.41) is 0.398. The van der Waals surface area contributed by atoms with Crippen molar-refractivity contribution in [1.29, 1.82) is 0 Å². The fourth-order valence-electron chi connectivity index (χ4n) is 1.79. The van der Waals surface area contributed by atoms with Gasteiger partial charge in [-0.25, -0.2) is 8.42 Å². The Bertz CT molecular complexity index is 656. The molecule has 0 saturated heterocycles. The molecule has 2 N–H and O–H groups in total. The quantitative estimate of drug-likeness (QED) is 0.943. The summed E-state index contributed by atoms with van der Waals surface area (Å²) >= 11 is 5.81. The number of hydrogen-bond acceptors (Lipinski definition) is 3. The van der Waals surface area contributed by atoms with Crippen LogP contribution >= 0.6 is 11.6 Å². The minimum Gasteiger partial charge on any atom is -0.323 e. The second-order valence-electron chi connectivity index (χ2n) is 4.26. The molecule has 0 amide bonds. The summed E-state index contributed by atoms with van der Waals surface area (Å²) in [6.07, 6.45) is 0. The van der Waals surface area contributed by atoms with Crippen LogP contribution in [0.3, 0.4) is 0 Å². The third-order valence-corrected chi connectivity index (χ3v) is 4.79. The van der Waals surface area contributed by atoms with Gasteiger partial charge in [0.2, 0.25) is 0 Å². The largest absolute Gasteiger partial charge is 0.323 e. The van der Waals surface area contributed by atoms with E-state index in [1.165, 1.54) is 12.1 Å². The SMILES string of the molecule is NC(CS(=O)(=O)c1cccc(Cl)c1)c1ccccc1. The van der Waals surface area contributed by atoms with Crippen molar-refractivity contribution >= 4 is 21.4 Å². The fourth-order valence-corrected chi connectivity index (χ4v) is 3.49. The molecule has 0 aliphatic carbocycles. The van der Waals surface area contributed by atoms with Gasteiger partial charge in [-0.15, -0.1) is 0 Å². The molecule has 0 radical (unpaired) electrons. The summed E-state index contributed by atoms with van der Waals surface area (Å²) in [6.45, 7) is 0. The summed E-state index contributed by atoms with van der Waals surface area (Å²) in [6, 6.07) is 14.8. The number of halogens is 1. The van der Waals surface area contributed by atoms with Crippen molar-refractivity contribution in [2.24, 2.45) is 5.73 Å². The van der Waals surface area contributed by atoms with Gasteiger partial charge in [0.05, 0.1) is 10.6 Å². The molecule has 2 rings (SSSR count). The lowest BCUT2D eigenvalue weighted by molar-refractivity contribution is 0.589. The Morgan fingerprint density at radius 1 is 1.05 bits per heavy atom. The molecule has 0 fully saturated rings. The fraction of sp³-hybridized carbons (Fsp3) is 0.143. The third kappa shape index (κ3) is 3.56. The first-order valence-electron chi connectivity index (χ1n) is 5.78. The van der Waals surface area contributed by atoms with Gasteiger partial charge >= 0.3 is 0 Å². The Hall–Kier alpha value is -1.36. The highest BCUT2D eigenvalue weighted by atomic mass is 35.5. The van der Waals surface area contributed by atoms with Crippen molar-refractivity contribution < 1.29 is 8.42 Å². The summed E-state index contributed by atoms with van der Waals surface area (Å²) in [7, 11) is -3.44. The van der Waals surface area contributed by atoms with Crippen LogP contribution in [-0.2, 0) is 9.84 Å². The molecule has 100 valence electrons. The van der Waals surface area contributed by atoms with Crippen LogP contribution in [0.15, 0.2) is 59.5 Å². The number of nitrogens with two attached hydrogens (primary N) is 1. The molecule has 0 spiro atoms. The molecule has 0 aliphatic rings. The van der Waals surface area contributed by atoms with Gasteiger partial charge in [-0.05, 0) is 23.8 Å². The second-order valence-corrected chi connectivity index (χ2v) is 6.73. The smallest absolute Gasteiger partial charge is 0.180 e. The van der Waals surface area contributed by atoms with Crippen molar-refractivity contribution in [3.8, 4) is 0 Å². The molecule has 5 heteroatoms. The summed E-state index contributed by atoms with van der Waals surface area (Å²) in [5.74, 6) is -0.142. The zero-order valence-corrected chi connectivity index (χ0v) is 11.7. The minimum absolute atomic E-state index is 0.142. The first-order valence-corrected chi connectivity index (χ1v) is 7.81. The normalized spacial score (nSPS) is 13.2. The van der Waals surface area contributed by atoms with Crippen molar-refractivity contribution in [3.05, 3.63) is 65.2 Å². The van der Waals surface area contributed by atoms with Crippen molar-refractivity contribution in [2.45, 2.75) is 10.9 Å². The van der Waals surface area contributed by atoms with Gasteiger partial charge in [-0.3, -0.25) is 0 Å². The van der Waals surface area contributed by atoms with Crippen LogP contribution in [0.1, 0.15) is 11.6 Å². The summed E-state index contributed by atoms with van der Waals surface area (Å²) < 4.78 is 24.5. The molecule has 1 unspecified atom stereocenters. The Morgan fingerprint density at radius 2 is 1.74 bits per heavy atom. The number of sulfone groups is 1. The van der Waals surface area contributed by atoms with Crippen LogP contribution in [0, 0.1) is 0 Å². The molecule has 3 nitrogen and oxygen atoms in total. The molecular weight excluding hydrogens is 282 g/mol. The van der Waals surface area contributed by atoms with Gasteiger partial charge in [0.25, 0.3) is 0 Å². The van der Waals surface area contributed by atoms with Crippen LogP contribution < -0.4 is 5.73 Å². The highest BCUT2D eigenvalue weighted by molar-refractivity contribution is 7.91. The first kappa shape index (κ1) is 14.1. The monoisotopic (exact) mass is 295 g/mol. The molecule has 0 saturated carbocycles. The van der Waals surface area contributed by atoms with Gasteiger partial charge in [0, 0.05) is 11.1 Å². The van der Waals surface area contributed by atoms with Gasteiger partial charge < -0.3 is 5.73 Å². The summed E-state index contributed by atoms with van der Waals surface area (Å²) in [4.78, 5) is 0.200. The van der Waals surface area contributed by atoms with E-state index in [1.54, 1.807) is 12.1 Å². The standard InChI is InChI=1S/C14H14ClNO2S/c15-12-7-4-8-13(9-12)19(17,18)10-14(16)11-5-2-1-3-6-11/h1-9,14H,10,16H2. The van der Waals surface area contributed by atoms with E-state index in [-0.39, 0.29) is 10.6 Å². The van der Waals surface area contributed by atoms with Gasteiger partial charge in [0.1, 0.15) is 0 Å². The molecule has 0 aliphatic heterocycles. The van der Waals surface area contributed by atoms with E-state index >= 15 is 0 Å². The van der Waals surface area contributed by atoms with Crippen molar-refractivity contribution in [3.63, 3.8) is 0 Å². The van der Waals surface area contributed by atoms with E-state index < -0.39 is 15.9 Å². The molecular formula is C14H14ClNO2S. The Labute approximate surface area is 117 Å². The summed E-state index contributed by atoms with van der Waals surface area (Å²) in [5.41, 5.74) is 6.74. The average Bonchev–Trinajstić information content (AvgIpc) is 2.39. The highest BCUT2D eigenvalue weighted by Crippen LogP contribution is 2.20. The maximum Gasteiger partial charge on any atom is 0.180 e. The molecule has 0 heterocycles. The highest BCUT2D eigenvalue weighted by Gasteiger charge is 2.20. The Morgan fingerprint density at radius 3 is 2.37 bits per heavy atom. The lowest BCUT2D eigenvalue weighted by atomic mass is 10.1. The van der Waals surface area contributed by atoms with Crippen molar-refractivity contribution in [1.82, 2.24) is 0 Å². The van der Waals surface area contributed by atoms with Crippen LogP contribution in [0.5, 0.6) is 0 Å². The van der Waals surface area contributed by atoms with Crippen LogP contribution in [0.2, 0.25) is 5.02 Å². The maximum atomic E-state index is 12.2. The molecule has 1 atom stereocenters. The topological polar surface area (TPSA) is 60.2 Å².